The standard InChI is InChI=1S/C47H54F3N11O5/c1-57-43-30(4-2-6-33(43)41(55-57)34-13-14-40(62)54-46(34)63)5-3-20-66-38-15-17-58(26-36(38)48)24-29-9-11-31(12-10-29)61-27-37(42(56-61)44(49)50)52-47(64)35-23-51-60-18-16-39(53-45(35)60)59-19-21-65-32(25-59)22-28-7-8-28/h2,4,6,16,18,23,27-29,31-32,34,36,38,44H,7-15,17,19-22,24-26H2,1H3,(H,52,64)(H,54,62,63)/t29?,31?,32?,34?,36-,38+/m0/s1. The Hall–Kier alpha value is -5.84. The van der Waals surface area contributed by atoms with Crippen LogP contribution in [0, 0.1) is 23.7 Å². The van der Waals surface area contributed by atoms with Gasteiger partial charge < -0.3 is 19.7 Å². The minimum atomic E-state index is -2.90. The summed E-state index contributed by atoms with van der Waals surface area (Å²) in [4.78, 5) is 47.0. The lowest BCUT2D eigenvalue weighted by molar-refractivity contribution is -0.134. The van der Waals surface area contributed by atoms with E-state index < -0.39 is 36.2 Å². The molecular weight excluding hydrogens is 856 g/mol. The van der Waals surface area contributed by atoms with Gasteiger partial charge in [0.05, 0.1) is 59.4 Å². The van der Waals surface area contributed by atoms with Crippen molar-refractivity contribution in [3.63, 3.8) is 0 Å². The zero-order chi connectivity index (χ0) is 45.5. The van der Waals surface area contributed by atoms with E-state index in [2.05, 4.69) is 47.6 Å². The first-order valence-corrected chi connectivity index (χ1v) is 23.2. The smallest absolute Gasteiger partial charge is 0.284 e. The fourth-order valence-corrected chi connectivity index (χ4v) is 10.2. The topological polar surface area (TPSA) is 166 Å². The molecule has 0 radical (unpaired) electrons. The number of imide groups is 1. The zero-order valence-electron chi connectivity index (χ0n) is 36.9. The van der Waals surface area contributed by atoms with Crippen LogP contribution in [0.2, 0.25) is 0 Å². The largest absolute Gasteiger partial charge is 0.375 e. The number of hydrogen-bond donors (Lipinski definition) is 2. The Morgan fingerprint density at radius 2 is 1.86 bits per heavy atom. The molecule has 3 saturated heterocycles. The van der Waals surface area contributed by atoms with Crippen molar-refractivity contribution in [2.24, 2.45) is 18.9 Å². The molecular formula is C47H54F3N11O5. The number of amides is 3. The van der Waals surface area contributed by atoms with Crippen LogP contribution in [0.1, 0.15) is 110 Å². The van der Waals surface area contributed by atoms with E-state index >= 15 is 4.39 Å². The summed E-state index contributed by atoms with van der Waals surface area (Å²) in [6.07, 6.45) is 7.98. The minimum absolute atomic E-state index is 0.0415. The van der Waals surface area contributed by atoms with Crippen molar-refractivity contribution in [3.8, 4) is 11.8 Å². The van der Waals surface area contributed by atoms with Gasteiger partial charge in [-0.25, -0.2) is 22.7 Å². The number of para-hydroxylation sites is 1. The van der Waals surface area contributed by atoms with Crippen LogP contribution >= 0.6 is 0 Å². The van der Waals surface area contributed by atoms with Crippen LogP contribution in [-0.2, 0) is 26.1 Å². The maximum atomic E-state index is 15.5. The van der Waals surface area contributed by atoms with E-state index in [4.69, 9.17) is 14.5 Å². The average Bonchev–Trinajstić information content (AvgIpc) is 3.69. The summed E-state index contributed by atoms with van der Waals surface area (Å²) in [5.41, 5.74) is 2.09. The number of aryl methyl sites for hydroxylation is 1. The summed E-state index contributed by atoms with van der Waals surface area (Å²) in [6, 6.07) is 7.37. The van der Waals surface area contributed by atoms with E-state index in [9.17, 15) is 23.2 Å². The van der Waals surface area contributed by atoms with Crippen molar-refractivity contribution in [2.45, 2.75) is 101 Å². The maximum absolute atomic E-state index is 15.5. The molecule has 2 aliphatic carbocycles. The Kier molecular flexibility index (Phi) is 12.5. The van der Waals surface area contributed by atoms with Crippen molar-refractivity contribution in [2.75, 3.05) is 56.2 Å². The van der Waals surface area contributed by atoms with Gasteiger partial charge in [0.1, 0.15) is 24.2 Å². The number of anilines is 2. The summed E-state index contributed by atoms with van der Waals surface area (Å²) < 4.78 is 60.9. The quantitative estimate of drug-likeness (QED) is 0.116. The van der Waals surface area contributed by atoms with Crippen molar-refractivity contribution in [3.05, 3.63) is 65.4 Å². The lowest BCUT2D eigenvalue weighted by Gasteiger charge is -2.38. The molecule has 1 aromatic carbocycles. The van der Waals surface area contributed by atoms with Crippen LogP contribution in [0.3, 0.4) is 0 Å². The van der Waals surface area contributed by atoms with Crippen LogP contribution in [0.15, 0.2) is 42.9 Å². The molecule has 0 spiro atoms. The number of aromatic nitrogens is 7. The molecule has 7 heterocycles. The minimum Gasteiger partial charge on any atom is -0.375 e. The first-order valence-electron chi connectivity index (χ1n) is 23.2. The second-order valence-corrected chi connectivity index (χ2v) is 18.5. The molecule has 348 valence electrons. The monoisotopic (exact) mass is 909 g/mol. The number of likely N-dealkylation sites (tertiary alicyclic amines) is 1. The Bertz CT molecular complexity index is 2680. The first kappa shape index (κ1) is 44.0. The third-order valence-corrected chi connectivity index (χ3v) is 13.9. The molecule has 16 nitrogen and oxygen atoms in total. The van der Waals surface area contributed by atoms with E-state index in [1.807, 2.05) is 24.3 Å². The third kappa shape index (κ3) is 9.40. The predicted molar refractivity (Wildman–Crippen MR) is 237 cm³/mol. The molecule has 3 amide bonds. The van der Waals surface area contributed by atoms with E-state index in [-0.39, 0.29) is 54.8 Å². The van der Waals surface area contributed by atoms with Crippen molar-refractivity contribution < 1.29 is 37.0 Å². The molecule has 10 rings (SSSR count). The van der Waals surface area contributed by atoms with Gasteiger partial charge in [-0.1, -0.05) is 36.8 Å². The molecule has 0 bridgehead atoms. The predicted octanol–water partition coefficient (Wildman–Crippen LogP) is 5.74. The molecule has 4 atom stereocenters. The van der Waals surface area contributed by atoms with Crippen LogP contribution < -0.4 is 15.5 Å². The average molecular weight is 910 g/mol. The Balaban J connectivity index is 0.702. The van der Waals surface area contributed by atoms with Crippen LogP contribution in [0.5, 0.6) is 0 Å². The fourth-order valence-electron chi connectivity index (χ4n) is 10.2. The molecule has 4 aromatic heterocycles. The van der Waals surface area contributed by atoms with Crippen molar-refractivity contribution in [1.82, 2.24) is 44.4 Å². The number of rotatable bonds is 12. The first-order chi connectivity index (χ1) is 32.0. The highest BCUT2D eigenvalue weighted by atomic mass is 19.3. The summed E-state index contributed by atoms with van der Waals surface area (Å²) in [7, 11) is 1.80. The highest BCUT2D eigenvalue weighted by Crippen LogP contribution is 2.37. The van der Waals surface area contributed by atoms with Gasteiger partial charge in [-0.15, -0.1) is 0 Å². The molecule has 5 aliphatic rings. The number of fused-ring (bicyclic) bond motifs is 2. The van der Waals surface area contributed by atoms with E-state index in [0.29, 0.717) is 80.6 Å². The fraction of sp³-hybridized carbons (Fsp3) is 0.553. The Morgan fingerprint density at radius 3 is 2.65 bits per heavy atom. The number of hydrogen-bond acceptors (Lipinski definition) is 11. The second-order valence-electron chi connectivity index (χ2n) is 18.5. The second kappa shape index (κ2) is 18.8. The Labute approximate surface area is 379 Å². The number of nitrogens with one attached hydrogen (secondary N) is 2. The van der Waals surface area contributed by atoms with Gasteiger partial charge in [0, 0.05) is 64.0 Å². The number of piperidine rings is 2. The van der Waals surface area contributed by atoms with E-state index in [1.54, 1.807) is 22.6 Å². The molecule has 2 unspecified atom stereocenters. The summed E-state index contributed by atoms with van der Waals surface area (Å²) in [5.74, 6) is 6.22. The lowest BCUT2D eigenvalue weighted by Crippen LogP contribution is -2.47. The molecule has 5 fully saturated rings. The van der Waals surface area contributed by atoms with Gasteiger partial charge in [-0.05, 0) is 68.9 Å². The van der Waals surface area contributed by atoms with Gasteiger partial charge in [0.15, 0.2) is 11.3 Å². The lowest BCUT2D eigenvalue weighted by atomic mass is 9.85. The van der Waals surface area contributed by atoms with Gasteiger partial charge >= 0.3 is 0 Å². The number of halogens is 3. The van der Waals surface area contributed by atoms with Gasteiger partial charge in [-0.3, -0.25) is 34.0 Å². The number of morpholine rings is 1. The van der Waals surface area contributed by atoms with E-state index in [0.717, 1.165) is 42.6 Å². The van der Waals surface area contributed by atoms with Crippen molar-refractivity contribution in [1.29, 1.82) is 0 Å². The molecule has 19 heteroatoms. The summed E-state index contributed by atoms with van der Waals surface area (Å²) in [6.45, 7) is 3.73. The highest BCUT2D eigenvalue weighted by Gasteiger charge is 2.35. The van der Waals surface area contributed by atoms with E-state index in [1.165, 1.54) is 29.8 Å². The molecule has 5 aromatic rings. The number of nitrogens with zero attached hydrogens (tertiary/aromatic N) is 9. The molecule has 2 N–H and O–H groups in total. The van der Waals surface area contributed by atoms with Gasteiger partial charge in [-0.2, -0.15) is 15.3 Å². The zero-order valence-corrected chi connectivity index (χ0v) is 36.9. The van der Waals surface area contributed by atoms with Crippen molar-refractivity contribution >= 4 is 45.8 Å². The SMILES string of the molecule is Cn1nc(C2CCC(=O)NC2=O)c2cccc(C#CCO[C@@H]3CCN(CC4CCC(n5cc(NC(=O)c6cnn7ccc(N8CCOC(CC9CC9)C8)nc67)c(C(F)F)n5)CC4)C[C@@H]3F)c21. The molecule has 66 heavy (non-hydrogen) atoms. The van der Waals surface area contributed by atoms with Crippen LogP contribution in [-0.4, -0.2) is 121 Å². The third-order valence-electron chi connectivity index (χ3n) is 13.9. The number of benzene rings is 1. The highest BCUT2D eigenvalue weighted by molar-refractivity contribution is 6.08. The normalized spacial score (nSPS) is 25.3. The maximum Gasteiger partial charge on any atom is 0.284 e. The number of carbonyl (C=O) groups is 3. The van der Waals surface area contributed by atoms with Crippen LogP contribution in [0.25, 0.3) is 16.6 Å². The Morgan fingerprint density at radius 1 is 1.03 bits per heavy atom. The number of ether oxygens (including phenoxy) is 2. The summed E-state index contributed by atoms with van der Waals surface area (Å²) >= 11 is 0. The van der Waals surface area contributed by atoms with Crippen LogP contribution in [0.4, 0.5) is 24.7 Å². The van der Waals surface area contributed by atoms with Gasteiger partial charge in [0.2, 0.25) is 11.8 Å². The number of carbonyl (C=O) groups excluding carboxylic acids is 3. The molecule has 2 saturated carbocycles. The summed E-state index contributed by atoms with van der Waals surface area (Å²) in [5, 5.41) is 19.1. The molecule has 3 aliphatic heterocycles. The number of alkyl halides is 3. The van der Waals surface area contributed by atoms with Gasteiger partial charge in [0.25, 0.3) is 12.3 Å².